The first-order valence-electron chi connectivity index (χ1n) is 10.5. The Morgan fingerprint density at radius 1 is 1.07 bits per heavy atom. The Kier molecular flexibility index (Phi) is 6.44. The van der Waals surface area contributed by atoms with E-state index in [9.17, 15) is 4.79 Å². The summed E-state index contributed by atoms with van der Waals surface area (Å²) in [6.07, 6.45) is 9.05. The van der Waals surface area contributed by atoms with E-state index in [2.05, 4.69) is 27.3 Å². The predicted molar refractivity (Wildman–Crippen MR) is 117 cm³/mol. The number of carbonyl (C=O) groups excluding carboxylic acids is 1. The highest BCUT2D eigenvalue weighted by Crippen LogP contribution is 2.26. The number of imidazole rings is 1. The van der Waals surface area contributed by atoms with E-state index in [1.165, 1.54) is 24.8 Å². The zero-order valence-corrected chi connectivity index (χ0v) is 17.3. The summed E-state index contributed by atoms with van der Waals surface area (Å²) in [7, 11) is 1.68. The van der Waals surface area contributed by atoms with Gasteiger partial charge in [0.05, 0.1) is 19.5 Å². The molecular formula is C24H28N4O2. The third-order valence-electron chi connectivity index (χ3n) is 5.72. The Bertz CT molecular complexity index is 930. The van der Waals surface area contributed by atoms with Gasteiger partial charge in [-0.25, -0.2) is 4.98 Å². The number of nitrogens with zero attached hydrogens (tertiary/aromatic N) is 3. The number of carbonyl (C=O) groups is 1. The number of hydrogen-bond donors (Lipinski definition) is 1. The van der Waals surface area contributed by atoms with Gasteiger partial charge < -0.3 is 14.6 Å². The third kappa shape index (κ3) is 4.71. The molecule has 6 nitrogen and oxygen atoms in total. The van der Waals surface area contributed by atoms with Crippen molar-refractivity contribution in [3.8, 4) is 11.4 Å². The van der Waals surface area contributed by atoms with E-state index >= 15 is 0 Å². The first-order valence-corrected chi connectivity index (χ1v) is 10.5. The average molecular weight is 405 g/mol. The number of aromatic nitrogens is 2. The molecule has 1 amide bonds. The summed E-state index contributed by atoms with van der Waals surface area (Å²) in [6, 6.07) is 15.9. The fourth-order valence-corrected chi connectivity index (χ4v) is 4.00. The molecule has 0 spiro atoms. The van der Waals surface area contributed by atoms with E-state index in [0.717, 1.165) is 24.5 Å². The van der Waals surface area contributed by atoms with E-state index in [4.69, 9.17) is 4.74 Å². The summed E-state index contributed by atoms with van der Waals surface area (Å²) in [4.78, 5) is 19.3. The molecule has 1 atom stereocenters. The van der Waals surface area contributed by atoms with Crippen LogP contribution in [0.15, 0.2) is 67.3 Å². The normalized spacial score (nSPS) is 15.5. The van der Waals surface area contributed by atoms with Crippen LogP contribution < -0.4 is 10.1 Å². The number of hydrogen-bond acceptors (Lipinski definition) is 4. The van der Waals surface area contributed by atoms with Crippen molar-refractivity contribution in [2.75, 3.05) is 26.7 Å². The lowest BCUT2D eigenvalue weighted by Crippen LogP contribution is -2.40. The van der Waals surface area contributed by atoms with Crippen molar-refractivity contribution in [3.05, 3.63) is 78.4 Å². The van der Waals surface area contributed by atoms with E-state index in [1.807, 2.05) is 47.2 Å². The lowest BCUT2D eigenvalue weighted by molar-refractivity contribution is 0.0924. The van der Waals surface area contributed by atoms with Crippen LogP contribution in [0, 0.1) is 0 Å². The molecule has 0 saturated carbocycles. The molecule has 1 fully saturated rings. The molecule has 1 saturated heterocycles. The molecular weight excluding hydrogens is 376 g/mol. The summed E-state index contributed by atoms with van der Waals surface area (Å²) >= 11 is 0. The molecule has 1 unspecified atom stereocenters. The SMILES string of the molecule is COc1ccc(C(CNC(=O)c2ccc(-n3ccnc3)cc2)N2CCCCC2)cc1. The van der Waals surface area contributed by atoms with Gasteiger partial charge in [-0.1, -0.05) is 18.6 Å². The van der Waals surface area contributed by atoms with Crippen molar-refractivity contribution < 1.29 is 9.53 Å². The number of rotatable bonds is 7. The van der Waals surface area contributed by atoms with E-state index < -0.39 is 0 Å². The highest BCUT2D eigenvalue weighted by molar-refractivity contribution is 5.94. The number of likely N-dealkylation sites (tertiary alicyclic amines) is 1. The third-order valence-corrected chi connectivity index (χ3v) is 5.72. The van der Waals surface area contributed by atoms with Crippen LogP contribution in [0.5, 0.6) is 5.75 Å². The fourth-order valence-electron chi connectivity index (χ4n) is 4.00. The van der Waals surface area contributed by atoms with Crippen molar-refractivity contribution in [1.29, 1.82) is 0 Å². The van der Waals surface area contributed by atoms with Gasteiger partial charge in [-0.2, -0.15) is 0 Å². The average Bonchev–Trinajstić information content (AvgIpc) is 3.35. The van der Waals surface area contributed by atoms with Gasteiger partial charge in [0.2, 0.25) is 0 Å². The number of nitrogens with one attached hydrogen (secondary N) is 1. The van der Waals surface area contributed by atoms with Crippen LogP contribution in [0.25, 0.3) is 5.69 Å². The standard InChI is InChI=1S/C24H28N4O2/c1-30-22-11-7-19(8-12-22)23(27-14-3-2-4-15-27)17-26-24(29)20-5-9-21(10-6-20)28-16-13-25-18-28/h5-13,16,18,23H,2-4,14-15,17H2,1H3,(H,26,29). The lowest BCUT2D eigenvalue weighted by Gasteiger charge is -2.35. The molecule has 0 bridgehead atoms. The molecule has 1 N–H and O–H groups in total. The summed E-state index contributed by atoms with van der Waals surface area (Å²) in [5, 5.41) is 3.15. The van der Waals surface area contributed by atoms with Crippen LogP contribution in [0.1, 0.15) is 41.2 Å². The Morgan fingerprint density at radius 3 is 2.43 bits per heavy atom. The zero-order valence-electron chi connectivity index (χ0n) is 17.3. The molecule has 156 valence electrons. The molecule has 2 heterocycles. The van der Waals surface area contributed by atoms with Crippen molar-refractivity contribution >= 4 is 5.91 Å². The van der Waals surface area contributed by atoms with Crippen molar-refractivity contribution in [3.63, 3.8) is 0 Å². The number of benzene rings is 2. The monoisotopic (exact) mass is 404 g/mol. The maximum atomic E-state index is 12.8. The second kappa shape index (κ2) is 9.59. The Morgan fingerprint density at radius 2 is 1.80 bits per heavy atom. The molecule has 0 radical (unpaired) electrons. The van der Waals surface area contributed by atoms with E-state index in [1.54, 1.807) is 19.6 Å². The molecule has 30 heavy (non-hydrogen) atoms. The predicted octanol–water partition coefficient (Wildman–Crippen LogP) is 3.84. The zero-order chi connectivity index (χ0) is 20.8. The van der Waals surface area contributed by atoms with Crippen LogP contribution in [0.3, 0.4) is 0 Å². The van der Waals surface area contributed by atoms with Crippen LogP contribution in [-0.4, -0.2) is 47.1 Å². The molecule has 2 aromatic carbocycles. The first kappa shape index (κ1) is 20.2. The van der Waals surface area contributed by atoms with E-state index in [0.29, 0.717) is 12.1 Å². The summed E-state index contributed by atoms with van der Waals surface area (Å²) in [5.74, 6) is 0.792. The number of methoxy groups -OCH3 is 1. The molecule has 1 aliphatic heterocycles. The lowest BCUT2D eigenvalue weighted by atomic mass is 10.0. The molecule has 3 aromatic rings. The second-order valence-electron chi connectivity index (χ2n) is 7.61. The first-order chi connectivity index (χ1) is 14.7. The maximum Gasteiger partial charge on any atom is 0.251 e. The van der Waals surface area contributed by atoms with Gasteiger partial charge in [0.15, 0.2) is 0 Å². The number of ether oxygens (including phenoxy) is 1. The largest absolute Gasteiger partial charge is 0.497 e. The van der Waals surface area contributed by atoms with Gasteiger partial charge in [-0.05, 0) is 67.9 Å². The number of amides is 1. The van der Waals surface area contributed by atoms with Crippen molar-refractivity contribution in [1.82, 2.24) is 19.8 Å². The van der Waals surface area contributed by atoms with Crippen LogP contribution in [0.4, 0.5) is 0 Å². The minimum atomic E-state index is -0.0531. The highest BCUT2D eigenvalue weighted by atomic mass is 16.5. The molecule has 1 aromatic heterocycles. The Balaban J connectivity index is 1.45. The van der Waals surface area contributed by atoms with Crippen LogP contribution >= 0.6 is 0 Å². The maximum absolute atomic E-state index is 12.8. The van der Waals surface area contributed by atoms with Crippen LogP contribution in [-0.2, 0) is 0 Å². The van der Waals surface area contributed by atoms with Gasteiger partial charge in [0, 0.05) is 30.2 Å². The minimum Gasteiger partial charge on any atom is -0.497 e. The van der Waals surface area contributed by atoms with Gasteiger partial charge >= 0.3 is 0 Å². The molecule has 6 heteroatoms. The van der Waals surface area contributed by atoms with Gasteiger partial charge in [-0.3, -0.25) is 9.69 Å². The molecule has 4 rings (SSSR count). The minimum absolute atomic E-state index is 0.0531. The topological polar surface area (TPSA) is 59.4 Å². The molecule has 0 aliphatic carbocycles. The Hall–Kier alpha value is -3.12. The van der Waals surface area contributed by atoms with Crippen LogP contribution in [0.2, 0.25) is 0 Å². The van der Waals surface area contributed by atoms with Gasteiger partial charge in [0.25, 0.3) is 5.91 Å². The van der Waals surface area contributed by atoms with Gasteiger partial charge in [-0.15, -0.1) is 0 Å². The molecule has 1 aliphatic rings. The van der Waals surface area contributed by atoms with E-state index in [-0.39, 0.29) is 11.9 Å². The second-order valence-corrected chi connectivity index (χ2v) is 7.61. The van der Waals surface area contributed by atoms with Crippen molar-refractivity contribution in [2.45, 2.75) is 25.3 Å². The number of piperidine rings is 1. The summed E-state index contributed by atoms with van der Waals surface area (Å²) < 4.78 is 7.21. The highest BCUT2D eigenvalue weighted by Gasteiger charge is 2.23. The Labute approximate surface area is 177 Å². The summed E-state index contributed by atoms with van der Waals surface area (Å²) in [5.41, 5.74) is 2.84. The van der Waals surface area contributed by atoms with Gasteiger partial charge in [0.1, 0.15) is 5.75 Å². The smallest absolute Gasteiger partial charge is 0.251 e. The quantitative estimate of drug-likeness (QED) is 0.650. The van der Waals surface area contributed by atoms with Crippen molar-refractivity contribution in [2.24, 2.45) is 0 Å². The fraction of sp³-hybridized carbons (Fsp3) is 0.333. The summed E-state index contributed by atoms with van der Waals surface area (Å²) in [6.45, 7) is 2.70.